The SMILES string of the molecule is CNCc1cc(B2OC(C)(C)C(C)(C)O2)c(C)cn1. The fraction of sp³-hybridized carbons (Fsp3) is 0.643. The molecule has 0 bridgehead atoms. The van der Waals surface area contributed by atoms with E-state index in [2.05, 4.69) is 44.1 Å². The first-order valence-corrected chi connectivity index (χ1v) is 6.72. The van der Waals surface area contributed by atoms with E-state index < -0.39 is 0 Å². The van der Waals surface area contributed by atoms with Crippen molar-refractivity contribution in [2.24, 2.45) is 0 Å². The molecule has 1 aromatic rings. The van der Waals surface area contributed by atoms with E-state index >= 15 is 0 Å². The van der Waals surface area contributed by atoms with E-state index in [4.69, 9.17) is 9.31 Å². The van der Waals surface area contributed by atoms with Crippen LogP contribution in [0.15, 0.2) is 12.3 Å². The smallest absolute Gasteiger partial charge is 0.399 e. The molecule has 2 rings (SSSR count). The molecule has 1 fully saturated rings. The zero-order chi connectivity index (χ0) is 14.3. The summed E-state index contributed by atoms with van der Waals surface area (Å²) >= 11 is 0. The van der Waals surface area contributed by atoms with Crippen molar-refractivity contribution in [3.8, 4) is 0 Å². The fourth-order valence-corrected chi connectivity index (χ4v) is 2.09. The van der Waals surface area contributed by atoms with Gasteiger partial charge in [-0.25, -0.2) is 0 Å². The molecule has 1 aliphatic heterocycles. The molecule has 0 radical (unpaired) electrons. The number of hydrogen-bond donors (Lipinski definition) is 1. The molecule has 1 aliphatic rings. The third-order valence-corrected chi connectivity index (χ3v) is 4.07. The van der Waals surface area contributed by atoms with Gasteiger partial charge in [0, 0.05) is 12.7 Å². The van der Waals surface area contributed by atoms with Crippen LogP contribution in [-0.2, 0) is 15.9 Å². The van der Waals surface area contributed by atoms with Gasteiger partial charge in [0.1, 0.15) is 0 Å². The molecular formula is C14H23BN2O2. The zero-order valence-corrected chi connectivity index (χ0v) is 12.7. The van der Waals surface area contributed by atoms with Crippen molar-refractivity contribution >= 4 is 12.6 Å². The van der Waals surface area contributed by atoms with E-state index in [9.17, 15) is 0 Å². The van der Waals surface area contributed by atoms with Crippen LogP contribution < -0.4 is 10.8 Å². The van der Waals surface area contributed by atoms with Crippen molar-refractivity contribution in [1.29, 1.82) is 0 Å². The van der Waals surface area contributed by atoms with Gasteiger partial charge in [-0.15, -0.1) is 0 Å². The molecule has 4 nitrogen and oxygen atoms in total. The van der Waals surface area contributed by atoms with Crippen molar-refractivity contribution in [2.45, 2.75) is 52.4 Å². The first-order chi connectivity index (χ1) is 8.77. The number of pyridine rings is 1. The van der Waals surface area contributed by atoms with Crippen LogP contribution in [0.5, 0.6) is 0 Å². The summed E-state index contributed by atoms with van der Waals surface area (Å²) in [4.78, 5) is 4.40. The number of hydrogen-bond acceptors (Lipinski definition) is 4. The van der Waals surface area contributed by atoms with Crippen molar-refractivity contribution in [3.05, 3.63) is 23.5 Å². The van der Waals surface area contributed by atoms with Gasteiger partial charge in [0.2, 0.25) is 0 Å². The predicted molar refractivity (Wildman–Crippen MR) is 77.5 cm³/mol. The number of aryl methyl sites for hydroxylation is 1. The molecule has 0 spiro atoms. The lowest BCUT2D eigenvalue weighted by Gasteiger charge is -2.32. The van der Waals surface area contributed by atoms with E-state index in [1.807, 2.05) is 20.2 Å². The molecule has 5 heteroatoms. The quantitative estimate of drug-likeness (QED) is 0.836. The molecule has 2 heterocycles. The predicted octanol–water partition coefficient (Wildman–Crippen LogP) is 1.41. The Labute approximate surface area is 116 Å². The van der Waals surface area contributed by atoms with E-state index in [0.717, 1.165) is 23.3 Å². The van der Waals surface area contributed by atoms with Crippen LogP contribution in [-0.4, -0.2) is 30.4 Å². The molecule has 1 N–H and O–H groups in total. The summed E-state index contributed by atoms with van der Waals surface area (Å²) in [5, 5.41) is 3.11. The highest BCUT2D eigenvalue weighted by Crippen LogP contribution is 2.36. The van der Waals surface area contributed by atoms with Crippen LogP contribution >= 0.6 is 0 Å². The van der Waals surface area contributed by atoms with Gasteiger partial charge in [0.15, 0.2) is 0 Å². The van der Waals surface area contributed by atoms with Crippen LogP contribution in [0.3, 0.4) is 0 Å². The molecule has 0 amide bonds. The first kappa shape index (κ1) is 14.5. The Hall–Kier alpha value is -0.905. The van der Waals surface area contributed by atoms with Crippen LogP contribution in [0.25, 0.3) is 0 Å². The summed E-state index contributed by atoms with van der Waals surface area (Å²) in [7, 11) is 1.60. The topological polar surface area (TPSA) is 43.4 Å². The first-order valence-electron chi connectivity index (χ1n) is 6.72. The Morgan fingerprint density at radius 2 is 1.79 bits per heavy atom. The molecule has 19 heavy (non-hydrogen) atoms. The van der Waals surface area contributed by atoms with Gasteiger partial charge < -0.3 is 14.6 Å². The van der Waals surface area contributed by atoms with Crippen molar-refractivity contribution in [3.63, 3.8) is 0 Å². The normalized spacial score (nSPS) is 20.8. The largest absolute Gasteiger partial charge is 0.495 e. The molecule has 1 saturated heterocycles. The Kier molecular flexibility index (Phi) is 3.73. The van der Waals surface area contributed by atoms with Gasteiger partial charge in [0.25, 0.3) is 0 Å². The Balaban J connectivity index is 2.31. The van der Waals surface area contributed by atoms with Gasteiger partial charge in [-0.05, 0) is 58.8 Å². The second-order valence-corrected chi connectivity index (χ2v) is 6.15. The summed E-state index contributed by atoms with van der Waals surface area (Å²) in [6.07, 6.45) is 1.88. The van der Waals surface area contributed by atoms with Gasteiger partial charge in [-0.1, -0.05) is 0 Å². The molecule has 0 atom stereocenters. The monoisotopic (exact) mass is 262 g/mol. The lowest BCUT2D eigenvalue weighted by Crippen LogP contribution is -2.41. The summed E-state index contributed by atoms with van der Waals surface area (Å²) in [6.45, 7) is 11.1. The highest BCUT2D eigenvalue weighted by Gasteiger charge is 2.52. The summed E-state index contributed by atoms with van der Waals surface area (Å²) < 4.78 is 12.2. The number of nitrogens with zero attached hydrogens (tertiary/aromatic N) is 1. The maximum atomic E-state index is 6.09. The van der Waals surface area contributed by atoms with Crippen molar-refractivity contribution in [2.75, 3.05) is 7.05 Å². The molecule has 1 aromatic heterocycles. The standard InChI is InChI=1S/C14H23BN2O2/c1-10-8-17-11(9-16-6)7-12(10)15-18-13(2,3)14(4,5)19-15/h7-8,16H,9H2,1-6H3. The second kappa shape index (κ2) is 4.89. The summed E-state index contributed by atoms with van der Waals surface area (Å²) in [5.41, 5.74) is 2.54. The van der Waals surface area contributed by atoms with Crippen LogP contribution in [0.2, 0.25) is 0 Å². The minimum Gasteiger partial charge on any atom is -0.399 e. The minimum absolute atomic E-state index is 0.309. The highest BCUT2D eigenvalue weighted by atomic mass is 16.7. The lowest BCUT2D eigenvalue weighted by molar-refractivity contribution is 0.00578. The Morgan fingerprint density at radius 3 is 2.32 bits per heavy atom. The summed E-state index contributed by atoms with van der Waals surface area (Å²) in [5.74, 6) is 0. The maximum absolute atomic E-state index is 6.09. The van der Waals surface area contributed by atoms with E-state index in [-0.39, 0.29) is 18.3 Å². The molecule has 0 saturated carbocycles. The van der Waals surface area contributed by atoms with Gasteiger partial charge in [-0.2, -0.15) is 0 Å². The highest BCUT2D eigenvalue weighted by molar-refractivity contribution is 6.62. The fourth-order valence-electron chi connectivity index (χ4n) is 2.09. The molecule has 0 aliphatic carbocycles. The lowest BCUT2D eigenvalue weighted by atomic mass is 9.76. The number of nitrogens with one attached hydrogen (secondary N) is 1. The molecule has 0 aromatic carbocycles. The molecular weight excluding hydrogens is 239 g/mol. The minimum atomic E-state index is -0.316. The van der Waals surface area contributed by atoms with Crippen molar-refractivity contribution < 1.29 is 9.31 Å². The van der Waals surface area contributed by atoms with Crippen LogP contribution in [0, 0.1) is 6.92 Å². The van der Waals surface area contributed by atoms with E-state index in [1.54, 1.807) is 0 Å². The molecule has 104 valence electrons. The molecule has 0 unspecified atom stereocenters. The van der Waals surface area contributed by atoms with Gasteiger partial charge in [-0.3, -0.25) is 4.98 Å². The second-order valence-electron chi connectivity index (χ2n) is 6.15. The van der Waals surface area contributed by atoms with Gasteiger partial charge in [0.05, 0.1) is 16.9 Å². The van der Waals surface area contributed by atoms with E-state index in [0.29, 0.717) is 0 Å². The van der Waals surface area contributed by atoms with Gasteiger partial charge >= 0.3 is 7.12 Å². The Morgan fingerprint density at radius 1 is 1.21 bits per heavy atom. The summed E-state index contributed by atoms with van der Waals surface area (Å²) in [6, 6.07) is 2.06. The zero-order valence-electron chi connectivity index (χ0n) is 12.7. The average Bonchev–Trinajstić information content (AvgIpc) is 2.51. The van der Waals surface area contributed by atoms with Crippen LogP contribution in [0.1, 0.15) is 39.0 Å². The average molecular weight is 262 g/mol. The maximum Gasteiger partial charge on any atom is 0.495 e. The third kappa shape index (κ3) is 2.68. The number of rotatable bonds is 3. The van der Waals surface area contributed by atoms with Crippen LogP contribution in [0.4, 0.5) is 0 Å². The van der Waals surface area contributed by atoms with Crippen molar-refractivity contribution in [1.82, 2.24) is 10.3 Å². The van der Waals surface area contributed by atoms with E-state index in [1.165, 1.54) is 0 Å². The Bertz CT molecular complexity index is 459. The number of aromatic nitrogens is 1. The third-order valence-electron chi connectivity index (χ3n) is 4.07.